The molecule has 9 atom stereocenters. The SMILES string of the molecule is C=C[C@@H]1CC[C@]2(CN3CCOC3=O)CC[C@]3(C)[C@H](CC[C@@H]4[C@@]5(C)CC=C(c6ccc(C(=O)O)cc6)C(C)(C)[C@@H]5CC[C@]43C)[C@@H]12. The van der Waals surface area contributed by atoms with E-state index >= 15 is 0 Å². The number of hydrogen-bond acceptors (Lipinski definition) is 3. The average molecular weight is 600 g/mol. The number of hydrogen-bond donors (Lipinski definition) is 1. The van der Waals surface area contributed by atoms with Gasteiger partial charge in [0.05, 0.1) is 12.1 Å². The van der Waals surface area contributed by atoms with E-state index in [1.807, 2.05) is 17.0 Å². The zero-order valence-corrected chi connectivity index (χ0v) is 27.7. The standard InChI is InChI=1S/C39H53NO4/c1-7-25-14-19-39(24-40-22-23-44-34(40)43)21-20-37(5)29(32(25)39)12-13-31-36(4)17-15-28(26-8-10-27(11-9-26)33(41)42)35(2,3)30(36)16-18-38(31,37)6/h7-11,15,25,29-32H,1,12-14,16-24H2,2-6H3,(H,41,42)/t25-,29-,30+,31-,32-,36+,37-,38-,39-/m1/s1. The number of cyclic esters (lactones) is 1. The second-order valence-electron chi connectivity index (χ2n) is 17.0. The van der Waals surface area contributed by atoms with Crippen LogP contribution < -0.4 is 0 Å². The molecule has 5 aliphatic carbocycles. The van der Waals surface area contributed by atoms with Crippen molar-refractivity contribution in [3.05, 3.63) is 54.1 Å². The molecule has 1 aromatic carbocycles. The van der Waals surface area contributed by atoms with Crippen LogP contribution >= 0.6 is 0 Å². The lowest BCUT2D eigenvalue weighted by atomic mass is 9.32. The first-order valence-electron chi connectivity index (χ1n) is 17.4. The third-order valence-corrected chi connectivity index (χ3v) is 15.3. The van der Waals surface area contributed by atoms with Crippen LogP contribution in [0, 0.1) is 56.7 Å². The summed E-state index contributed by atoms with van der Waals surface area (Å²) in [4.78, 5) is 26.1. The molecule has 7 rings (SSSR count). The molecule has 0 bridgehead atoms. The van der Waals surface area contributed by atoms with Gasteiger partial charge in [-0.05, 0) is 138 Å². The van der Waals surface area contributed by atoms with Crippen molar-refractivity contribution in [2.45, 2.75) is 92.4 Å². The molecule has 1 saturated heterocycles. The van der Waals surface area contributed by atoms with Crippen LogP contribution in [0.1, 0.15) is 108 Å². The van der Waals surface area contributed by atoms with Crippen LogP contribution in [0.15, 0.2) is 43.0 Å². The number of carboxylic acids is 1. The van der Waals surface area contributed by atoms with E-state index in [4.69, 9.17) is 4.74 Å². The van der Waals surface area contributed by atoms with Gasteiger partial charge in [-0.25, -0.2) is 9.59 Å². The first-order valence-corrected chi connectivity index (χ1v) is 17.4. The van der Waals surface area contributed by atoms with Crippen molar-refractivity contribution in [2.75, 3.05) is 19.7 Å². The molecule has 6 aliphatic rings. The Morgan fingerprint density at radius 3 is 2.39 bits per heavy atom. The zero-order chi connectivity index (χ0) is 31.3. The van der Waals surface area contributed by atoms with Gasteiger partial charge in [-0.2, -0.15) is 0 Å². The van der Waals surface area contributed by atoms with Gasteiger partial charge in [0.15, 0.2) is 0 Å². The molecule has 1 N–H and O–H groups in total. The quantitative estimate of drug-likeness (QED) is 0.343. The van der Waals surface area contributed by atoms with Crippen molar-refractivity contribution < 1.29 is 19.4 Å². The van der Waals surface area contributed by atoms with E-state index < -0.39 is 5.97 Å². The summed E-state index contributed by atoms with van der Waals surface area (Å²) in [5, 5.41) is 9.44. The van der Waals surface area contributed by atoms with Crippen molar-refractivity contribution in [1.82, 2.24) is 4.90 Å². The van der Waals surface area contributed by atoms with Crippen LogP contribution in [0.25, 0.3) is 5.57 Å². The number of nitrogens with zero attached hydrogens (tertiary/aromatic N) is 1. The average Bonchev–Trinajstić information content (AvgIpc) is 3.56. The first kappa shape index (κ1) is 30.1. The summed E-state index contributed by atoms with van der Waals surface area (Å²) in [5.74, 6) is 2.19. The highest BCUT2D eigenvalue weighted by Crippen LogP contribution is 2.77. The van der Waals surface area contributed by atoms with Crippen LogP contribution in [-0.4, -0.2) is 41.8 Å². The minimum atomic E-state index is -0.868. The molecule has 0 spiro atoms. The highest BCUT2D eigenvalue weighted by atomic mass is 16.6. The fraction of sp³-hybridized carbons (Fsp3) is 0.692. The van der Waals surface area contributed by atoms with Crippen LogP contribution in [-0.2, 0) is 4.74 Å². The summed E-state index contributed by atoms with van der Waals surface area (Å²) >= 11 is 0. The fourth-order valence-electron chi connectivity index (χ4n) is 13.2. The third kappa shape index (κ3) is 3.95. The molecule has 238 valence electrons. The normalized spacial score (nSPS) is 44.0. The van der Waals surface area contributed by atoms with E-state index in [1.54, 1.807) is 12.1 Å². The van der Waals surface area contributed by atoms with Gasteiger partial charge in [-0.1, -0.05) is 58.9 Å². The van der Waals surface area contributed by atoms with E-state index in [0.717, 1.165) is 19.5 Å². The predicted octanol–water partition coefficient (Wildman–Crippen LogP) is 9.10. The maximum Gasteiger partial charge on any atom is 0.409 e. The van der Waals surface area contributed by atoms with Gasteiger partial charge in [0, 0.05) is 6.54 Å². The number of rotatable bonds is 5. The van der Waals surface area contributed by atoms with Crippen molar-refractivity contribution in [1.29, 1.82) is 0 Å². The van der Waals surface area contributed by atoms with Gasteiger partial charge in [-0.15, -0.1) is 6.58 Å². The summed E-state index contributed by atoms with van der Waals surface area (Å²) in [6.07, 6.45) is 15.8. The van der Waals surface area contributed by atoms with Gasteiger partial charge in [0.25, 0.3) is 0 Å². The minimum absolute atomic E-state index is 0.0161. The van der Waals surface area contributed by atoms with Crippen molar-refractivity contribution in [3.63, 3.8) is 0 Å². The topological polar surface area (TPSA) is 66.8 Å². The molecule has 5 heteroatoms. The van der Waals surface area contributed by atoms with E-state index in [0.29, 0.717) is 41.8 Å². The Bertz CT molecular complexity index is 1390. The smallest absolute Gasteiger partial charge is 0.409 e. The van der Waals surface area contributed by atoms with Crippen LogP contribution in [0.5, 0.6) is 0 Å². The minimum Gasteiger partial charge on any atom is -0.478 e. The first-order chi connectivity index (χ1) is 20.8. The Balaban J connectivity index is 1.21. The number of carbonyl (C=O) groups excluding carboxylic acids is 1. The lowest BCUT2D eigenvalue weighted by molar-refractivity contribution is -0.226. The second kappa shape index (κ2) is 9.97. The lowest BCUT2D eigenvalue weighted by Crippen LogP contribution is -2.65. The number of carboxylic acid groups (broad SMARTS) is 1. The Morgan fingerprint density at radius 1 is 0.977 bits per heavy atom. The summed E-state index contributed by atoms with van der Waals surface area (Å²) in [6.45, 7) is 19.4. The summed E-state index contributed by atoms with van der Waals surface area (Å²) in [6, 6.07) is 7.56. The molecule has 0 aromatic heterocycles. The molecule has 1 aromatic rings. The van der Waals surface area contributed by atoms with Gasteiger partial charge in [0.2, 0.25) is 0 Å². The van der Waals surface area contributed by atoms with Gasteiger partial charge < -0.3 is 14.7 Å². The number of ether oxygens (including phenoxy) is 1. The van der Waals surface area contributed by atoms with Crippen LogP contribution in [0.2, 0.25) is 0 Å². The molecule has 5 nitrogen and oxygen atoms in total. The number of aromatic carboxylic acids is 1. The molecule has 1 aliphatic heterocycles. The Morgan fingerprint density at radius 2 is 1.73 bits per heavy atom. The Hall–Kier alpha value is -2.56. The van der Waals surface area contributed by atoms with E-state index in [9.17, 15) is 14.7 Å². The van der Waals surface area contributed by atoms with E-state index in [-0.39, 0.29) is 33.2 Å². The third-order valence-electron chi connectivity index (χ3n) is 15.3. The molecule has 44 heavy (non-hydrogen) atoms. The molecular weight excluding hydrogens is 546 g/mol. The molecule has 0 unspecified atom stereocenters. The number of benzene rings is 1. The molecule has 0 radical (unpaired) electrons. The van der Waals surface area contributed by atoms with E-state index in [1.165, 1.54) is 62.5 Å². The maximum absolute atomic E-state index is 12.6. The van der Waals surface area contributed by atoms with Crippen molar-refractivity contribution in [2.24, 2.45) is 56.7 Å². The predicted molar refractivity (Wildman–Crippen MR) is 174 cm³/mol. The largest absolute Gasteiger partial charge is 0.478 e. The highest BCUT2D eigenvalue weighted by Gasteiger charge is 2.70. The second-order valence-corrected chi connectivity index (χ2v) is 17.0. The van der Waals surface area contributed by atoms with E-state index in [2.05, 4.69) is 53.3 Å². The van der Waals surface area contributed by atoms with Crippen LogP contribution in [0.4, 0.5) is 4.79 Å². The number of carbonyl (C=O) groups is 2. The summed E-state index contributed by atoms with van der Waals surface area (Å²) in [5.41, 5.74) is 3.91. The Kier molecular flexibility index (Phi) is 6.82. The molecular formula is C39H53NO4. The molecule has 1 amide bonds. The summed E-state index contributed by atoms with van der Waals surface area (Å²) < 4.78 is 5.39. The lowest BCUT2D eigenvalue weighted by Gasteiger charge is -2.72. The monoisotopic (exact) mass is 599 g/mol. The van der Waals surface area contributed by atoms with Crippen molar-refractivity contribution >= 4 is 17.6 Å². The molecule has 5 fully saturated rings. The maximum atomic E-state index is 12.6. The van der Waals surface area contributed by atoms with Gasteiger partial charge in [0.1, 0.15) is 6.61 Å². The van der Waals surface area contributed by atoms with Crippen LogP contribution in [0.3, 0.4) is 0 Å². The zero-order valence-electron chi connectivity index (χ0n) is 27.7. The molecule has 1 heterocycles. The highest BCUT2D eigenvalue weighted by molar-refractivity contribution is 5.88. The Labute approximate surface area is 264 Å². The van der Waals surface area contributed by atoms with Gasteiger partial charge in [-0.3, -0.25) is 0 Å². The fourth-order valence-corrected chi connectivity index (χ4v) is 13.2. The molecule has 4 saturated carbocycles. The number of fused-ring (bicyclic) bond motifs is 7. The number of amides is 1. The number of allylic oxidation sites excluding steroid dienone is 3. The van der Waals surface area contributed by atoms with Crippen molar-refractivity contribution in [3.8, 4) is 0 Å². The van der Waals surface area contributed by atoms with Gasteiger partial charge >= 0.3 is 12.1 Å². The summed E-state index contributed by atoms with van der Waals surface area (Å²) in [7, 11) is 0.